The first-order chi connectivity index (χ1) is 9.90. The molecule has 2 rings (SSSR count). The molecule has 0 spiro atoms. The fourth-order valence-electron chi connectivity index (χ4n) is 3.23. The van der Waals surface area contributed by atoms with Crippen molar-refractivity contribution in [2.75, 3.05) is 26.7 Å². The Morgan fingerprint density at radius 2 is 1.90 bits per heavy atom. The van der Waals surface area contributed by atoms with E-state index in [1.54, 1.807) is 0 Å². The Hall–Kier alpha value is -0.860. The van der Waals surface area contributed by atoms with Crippen LogP contribution in [0.5, 0.6) is 0 Å². The molecule has 0 radical (unpaired) electrons. The van der Waals surface area contributed by atoms with Crippen LogP contribution in [0.25, 0.3) is 0 Å². The smallest absolute Gasteiger partial charge is 0.0177 e. The van der Waals surface area contributed by atoms with E-state index in [-0.39, 0.29) is 5.41 Å². The summed E-state index contributed by atoms with van der Waals surface area (Å²) < 4.78 is 0. The minimum Gasteiger partial charge on any atom is -0.314 e. The fourth-order valence-corrected chi connectivity index (χ4v) is 3.23. The monoisotopic (exact) mass is 288 g/mol. The maximum atomic E-state index is 3.64. The van der Waals surface area contributed by atoms with Gasteiger partial charge >= 0.3 is 0 Å². The lowest BCUT2D eigenvalue weighted by atomic mass is 9.81. The second-order valence-corrected chi connectivity index (χ2v) is 7.63. The van der Waals surface area contributed by atoms with Crippen LogP contribution in [-0.2, 0) is 5.41 Å². The van der Waals surface area contributed by atoms with Crippen molar-refractivity contribution in [3.05, 3.63) is 35.9 Å². The van der Waals surface area contributed by atoms with Gasteiger partial charge < -0.3 is 10.2 Å². The number of nitrogens with zero attached hydrogens (tertiary/aromatic N) is 1. The Morgan fingerprint density at radius 3 is 2.43 bits per heavy atom. The summed E-state index contributed by atoms with van der Waals surface area (Å²) in [6, 6.07) is 11.5. The first-order valence-corrected chi connectivity index (χ1v) is 8.38. The standard InChI is InChI=1S/C19H32N2/c1-15(2)20-13-19(4,18-9-7-6-8-10-18)14-21(5)12-17-11-16(17)3/h6-10,15-17,20H,11-14H2,1-5H3. The van der Waals surface area contributed by atoms with Gasteiger partial charge in [0.2, 0.25) is 0 Å². The highest BCUT2D eigenvalue weighted by molar-refractivity contribution is 5.25. The Balaban J connectivity index is 2.03. The first kappa shape index (κ1) is 16.5. The van der Waals surface area contributed by atoms with Crippen molar-refractivity contribution in [2.45, 2.75) is 45.6 Å². The van der Waals surface area contributed by atoms with Crippen LogP contribution in [0.1, 0.15) is 39.7 Å². The number of rotatable bonds is 8. The minimum atomic E-state index is 0.165. The zero-order valence-corrected chi connectivity index (χ0v) is 14.4. The second-order valence-electron chi connectivity index (χ2n) is 7.63. The van der Waals surface area contributed by atoms with Crippen LogP contribution in [0.2, 0.25) is 0 Å². The lowest BCUT2D eigenvalue weighted by Gasteiger charge is -2.35. The third-order valence-corrected chi connectivity index (χ3v) is 4.81. The molecule has 0 saturated heterocycles. The van der Waals surface area contributed by atoms with Crippen molar-refractivity contribution in [1.82, 2.24) is 10.2 Å². The lowest BCUT2D eigenvalue weighted by molar-refractivity contribution is 0.236. The van der Waals surface area contributed by atoms with Gasteiger partial charge in [-0.3, -0.25) is 0 Å². The summed E-state index contributed by atoms with van der Waals surface area (Å²) in [6.07, 6.45) is 1.41. The summed E-state index contributed by atoms with van der Waals surface area (Å²) in [4.78, 5) is 2.53. The number of nitrogens with one attached hydrogen (secondary N) is 1. The van der Waals surface area contributed by atoms with E-state index >= 15 is 0 Å². The molecular weight excluding hydrogens is 256 g/mol. The molecule has 3 unspecified atom stereocenters. The van der Waals surface area contributed by atoms with E-state index < -0.39 is 0 Å². The van der Waals surface area contributed by atoms with Crippen molar-refractivity contribution in [3.8, 4) is 0 Å². The molecule has 1 N–H and O–H groups in total. The maximum absolute atomic E-state index is 3.64. The molecule has 2 nitrogen and oxygen atoms in total. The zero-order chi connectivity index (χ0) is 15.5. The van der Waals surface area contributed by atoms with E-state index in [1.807, 2.05) is 0 Å². The van der Waals surface area contributed by atoms with Gasteiger partial charge in [0.05, 0.1) is 0 Å². The van der Waals surface area contributed by atoms with Gasteiger partial charge in [-0.1, -0.05) is 58.0 Å². The van der Waals surface area contributed by atoms with E-state index in [2.05, 4.69) is 75.3 Å². The molecular formula is C19H32N2. The molecule has 0 amide bonds. The van der Waals surface area contributed by atoms with E-state index in [4.69, 9.17) is 0 Å². The highest BCUT2D eigenvalue weighted by atomic mass is 15.1. The van der Waals surface area contributed by atoms with Gasteiger partial charge in [0.1, 0.15) is 0 Å². The Kier molecular flexibility index (Phi) is 5.45. The third-order valence-electron chi connectivity index (χ3n) is 4.81. The van der Waals surface area contributed by atoms with Crippen LogP contribution < -0.4 is 5.32 Å². The first-order valence-electron chi connectivity index (χ1n) is 8.38. The largest absolute Gasteiger partial charge is 0.314 e. The summed E-state index contributed by atoms with van der Waals surface area (Å²) >= 11 is 0. The van der Waals surface area contributed by atoms with Crippen LogP contribution in [0.15, 0.2) is 30.3 Å². The third kappa shape index (κ3) is 4.82. The Labute approximate surface area is 130 Å². The lowest BCUT2D eigenvalue weighted by Crippen LogP contribution is -2.46. The van der Waals surface area contributed by atoms with Gasteiger partial charge in [-0.25, -0.2) is 0 Å². The van der Waals surface area contributed by atoms with Gasteiger partial charge in [0.25, 0.3) is 0 Å². The summed E-state index contributed by atoms with van der Waals surface area (Å²) in [5, 5.41) is 3.64. The molecule has 1 fully saturated rings. The summed E-state index contributed by atoms with van der Waals surface area (Å²) in [5.74, 6) is 1.86. The highest BCUT2D eigenvalue weighted by Gasteiger charge is 2.35. The number of benzene rings is 1. The molecule has 1 saturated carbocycles. The second kappa shape index (κ2) is 6.93. The van der Waals surface area contributed by atoms with Gasteiger partial charge in [0, 0.05) is 31.1 Å². The number of hydrogen-bond acceptors (Lipinski definition) is 2. The number of hydrogen-bond donors (Lipinski definition) is 1. The van der Waals surface area contributed by atoms with Crippen molar-refractivity contribution >= 4 is 0 Å². The molecule has 1 aliphatic carbocycles. The van der Waals surface area contributed by atoms with Crippen molar-refractivity contribution in [3.63, 3.8) is 0 Å². The van der Waals surface area contributed by atoms with E-state index in [1.165, 1.54) is 18.5 Å². The predicted octanol–water partition coefficient (Wildman–Crippen LogP) is 3.53. The zero-order valence-electron chi connectivity index (χ0n) is 14.4. The minimum absolute atomic E-state index is 0.165. The summed E-state index contributed by atoms with van der Waals surface area (Å²) in [6.45, 7) is 12.6. The molecule has 21 heavy (non-hydrogen) atoms. The molecule has 1 aliphatic rings. The van der Waals surface area contributed by atoms with Crippen LogP contribution in [-0.4, -0.2) is 37.6 Å². The van der Waals surface area contributed by atoms with Crippen molar-refractivity contribution in [1.29, 1.82) is 0 Å². The van der Waals surface area contributed by atoms with Gasteiger partial charge in [0.15, 0.2) is 0 Å². The SMILES string of the molecule is CC(C)NCC(C)(CN(C)CC1CC1C)c1ccccc1. The maximum Gasteiger partial charge on any atom is 0.0177 e. The Morgan fingerprint density at radius 1 is 1.29 bits per heavy atom. The van der Waals surface area contributed by atoms with Crippen LogP contribution in [0.4, 0.5) is 0 Å². The van der Waals surface area contributed by atoms with Crippen LogP contribution in [0.3, 0.4) is 0 Å². The van der Waals surface area contributed by atoms with E-state index in [0.29, 0.717) is 6.04 Å². The highest BCUT2D eigenvalue weighted by Crippen LogP contribution is 2.38. The average Bonchev–Trinajstić information content (AvgIpc) is 3.12. The molecule has 0 heterocycles. The predicted molar refractivity (Wildman–Crippen MR) is 91.7 cm³/mol. The molecule has 2 heteroatoms. The van der Waals surface area contributed by atoms with Crippen LogP contribution >= 0.6 is 0 Å². The molecule has 0 bridgehead atoms. The Bertz CT molecular complexity index is 428. The summed E-state index contributed by atoms with van der Waals surface area (Å²) in [5.41, 5.74) is 1.60. The number of likely N-dealkylation sites (N-methyl/N-ethyl adjacent to an activating group) is 1. The fraction of sp³-hybridized carbons (Fsp3) is 0.684. The van der Waals surface area contributed by atoms with Crippen molar-refractivity contribution < 1.29 is 0 Å². The molecule has 0 aromatic heterocycles. The summed E-state index contributed by atoms with van der Waals surface area (Å²) in [7, 11) is 2.28. The molecule has 1 aromatic carbocycles. The molecule has 0 aliphatic heterocycles. The molecule has 3 atom stereocenters. The van der Waals surface area contributed by atoms with Gasteiger partial charge in [-0.2, -0.15) is 0 Å². The van der Waals surface area contributed by atoms with E-state index in [9.17, 15) is 0 Å². The van der Waals surface area contributed by atoms with Gasteiger partial charge in [-0.15, -0.1) is 0 Å². The van der Waals surface area contributed by atoms with Gasteiger partial charge in [-0.05, 0) is 30.9 Å². The quantitative estimate of drug-likeness (QED) is 0.787. The topological polar surface area (TPSA) is 15.3 Å². The molecule has 118 valence electrons. The average molecular weight is 288 g/mol. The van der Waals surface area contributed by atoms with Crippen LogP contribution in [0, 0.1) is 11.8 Å². The van der Waals surface area contributed by atoms with Crippen molar-refractivity contribution in [2.24, 2.45) is 11.8 Å². The van der Waals surface area contributed by atoms with E-state index in [0.717, 1.165) is 24.9 Å². The molecule has 1 aromatic rings. The normalized spacial score (nSPS) is 24.3.